The topological polar surface area (TPSA) is 95.1 Å². The van der Waals surface area contributed by atoms with Crippen LogP contribution in [0.5, 0.6) is 0 Å². The van der Waals surface area contributed by atoms with Crippen molar-refractivity contribution in [3.05, 3.63) is 48.7 Å². The number of rotatable bonds is 6. The first-order chi connectivity index (χ1) is 11.3. The van der Waals surface area contributed by atoms with Crippen molar-refractivity contribution in [2.75, 3.05) is 19.0 Å². The van der Waals surface area contributed by atoms with Gasteiger partial charge in [-0.15, -0.1) is 5.10 Å². The summed E-state index contributed by atoms with van der Waals surface area (Å²) in [5.41, 5.74) is 0.720. The minimum atomic E-state index is -0.322. The summed E-state index contributed by atoms with van der Waals surface area (Å²) in [4.78, 5) is 20.5. The van der Waals surface area contributed by atoms with Crippen molar-refractivity contribution in [1.29, 1.82) is 0 Å². The molecule has 118 valence electrons. The molecule has 0 aromatic carbocycles. The number of carbonyl (C=O) groups excluding carboxylic acids is 1. The van der Waals surface area contributed by atoms with Crippen LogP contribution in [0.2, 0.25) is 0 Å². The van der Waals surface area contributed by atoms with Crippen LogP contribution in [0.15, 0.2) is 47.3 Å². The molecule has 0 amide bonds. The number of pyridine rings is 1. The Kier molecular flexibility index (Phi) is 4.44. The molecular formula is C15H15N5O3. The van der Waals surface area contributed by atoms with Gasteiger partial charge in [-0.1, -0.05) is 0 Å². The van der Waals surface area contributed by atoms with Gasteiger partial charge in [0.2, 0.25) is 5.95 Å². The second kappa shape index (κ2) is 6.84. The van der Waals surface area contributed by atoms with Crippen LogP contribution in [-0.4, -0.2) is 39.4 Å². The number of hydrogen-bond donors (Lipinski definition) is 1. The molecule has 0 radical (unpaired) electrons. The molecule has 0 fully saturated rings. The van der Waals surface area contributed by atoms with Gasteiger partial charge in [0, 0.05) is 25.1 Å². The maximum atomic E-state index is 12.1. The van der Waals surface area contributed by atoms with Crippen molar-refractivity contribution in [2.45, 2.75) is 6.54 Å². The van der Waals surface area contributed by atoms with Gasteiger partial charge < -0.3 is 14.5 Å². The molecular weight excluding hydrogens is 298 g/mol. The number of methoxy groups -OCH3 is 1. The Morgan fingerprint density at radius 1 is 1.39 bits per heavy atom. The number of ether oxygens (including phenoxy) is 1. The van der Waals surface area contributed by atoms with Crippen molar-refractivity contribution in [3.8, 4) is 11.4 Å². The highest BCUT2D eigenvalue weighted by atomic mass is 16.5. The number of carbonyl (C=O) groups is 1. The first-order valence-electron chi connectivity index (χ1n) is 6.94. The molecule has 1 N–H and O–H groups in total. The Bertz CT molecular complexity index is 768. The fourth-order valence-corrected chi connectivity index (χ4v) is 1.98. The van der Waals surface area contributed by atoms with Gasteiger partial charge in [0.25, 0.3) is 5.91 Å². The summed E-state index contributed by atoms with van der Waals surface area (Å²) in [5.74, 6) is 1.13. The third-order valence-corrected chi connectivity index (χ3v) is 3.03. The van der Waals surface area contributed by atoms with Crippen molar-refractivity contribution in [1.82, 2.24) is 19.7 Å². The molecule has 3 aromatic rings. The zero-order valence-electron chi connectivity index (χ0n) is 12.5. The normalized spacial score (nSPS) is 10.7. The van der Waals surface area contributed by atoms with E-state index in [9.17, 15) is 4.79 Å². The molecule has 0 spiro atoms. The lowest BCUT2D eigenvalue weighted by molar-refractivity contribution is 0.0748. The Labute approximate surface area is 132 Å². The molecule has 0 aliphatic carbocycles. The van der Waals surface area contributed by atoms with E-state index in [2.05, 4.69) is 20.4 Å². The van der Waals surface area contributed by atoms with Gasteiger partial charge in [-0.2, -0.15) is 9.67 Å². The molecule has 0 atom stereocenters. The molecule has 3 rings (SSSR count). The number of anilines is 1. The summed E-state index contributed by atoms with van der Waals surface area (Å²) in [6, 6.07) is 7.22. The molecule has 3 heterocycles. The lowest BCUT2D eigenvalue weighted by Gasteiger charge is -2.05. The van der Waals surface area contributed by atoms with Crippen molar-refractivity contribution < 1.29 is 13.9 Å². The Morgan fingerprint density at radius 2 is 2.30 bits per heavy atom. The highest BCUT2D eigenvalue weighted by Crippen LogP contribution is 2.17. The SMILES string of the molecule is COCC(=O)n1nc(-c2cccnc2)nc1NCc1ccco1. The van der Waals surface area contributed by atoms with Gasteiger partial charge in [-0.3, -0.25) is 9.78 Å². The average molecular weight is 313 g/mol. The Morgan fingerprint density at radius 3 is 3.00 bits per heavy atom. The standard InChI is InChI=1S/C15H15N5O3/c1-22-10-13(21)20-15(17-9-12-5-3-7-23-12)18-14(19-20)11-4-2-6-16-8-11/h2-8H,9-10H2,1H3,(H,17,18,19). The van der Waals surface area contributed by atoms with E-state index in [1.165, 1.54) is 11.8 Å². The number of aromatic nitrogens is 4. The van der Waals surface area contributed by atoms with Gasteiger partial charge in [-0.25, -0.2) is 0 Å². The van der Waals surface area contributed by atoms with Gasteiger partial charge in [0.1, 0.15) is 12.4 Å². The maximum absolute atomic E-state index is 12.1. The van der Waals surface area contributed by atoms with E-state index in [0.29, 0.717) is 18.3 Å². The van der Waals surface area contributed by atoms with E-state index in [1.54, 1.807) is 30.8 Å². The van der Waals surface area contributed by atoms with Gasteiger partial charge in [-0.05, 0) is 24.3 Å². The largest absolute Gasteiger partial charge is 0.467 e. The molecule has 8 nitrogen and oxygen atoms in total. The second-order valence-corrected chi connectivity index (χ2v) is 4.67. The highest BCUT2D eigenvalue weighted by molar-refractivity contribution is 5.82. The van der Waals surface area contributed by atoms with Crippen LogP contribution in [0.4, 0.5) is 5.95 Å². The van der Waals surface area contributed by atoms with Crippen molar-refractivity contribution >= 4 is 11.9 Å². The van der Waals surface area contributed by atoms with Gasteiger partial charge in [0.05, 0.1) is 12.8 Å². The minimum Gasteiger partial charge on any atom is -0.467 e. The van der Waals surface area contributed by atoms with Crippen molar-refractivity contribution in [2.24, 2.45) is 0 Å². The summed E-state index contributed by atoms with van der Waals surface area (Å²) in [6.45, 7) is 0.295. The summed E-state index contributed by atoms with van der Waals surface area (Å²) < 4.78 is 11.3. The number of nitrogens with one attached hydrogen (secondary N) is 1. The van der Waals surface area contributed by atoms with Crippen LogP contribution in [-0.2, 0) is 11.3 Å². The van der Waals surface area contributed by atoms with Crippen LogP contribution in [0, 0.1) is 0 Å². The van der Waals surface area contributed by atoms with E-state index < -0.39 is 0 Å². The second-order valence-electron chi connectivity index (χ2n) is 4.67. The number of furan rings is 1. The molecule has 0 aliphatic rings. The molecule has 0 aliphatic heterocycles. The van der Waals surface area contributed by atoms with Crippen LogP contribution < -0.4 is 5.32 Å². The molecule has 0 saturated carbocycles. The summed E-state index contributed by atoms with van der Waals surface area (Å²) >= 11 is 0. The first kappa shape index (κ1) is 14.9. The molecule has 0 unspecified atom stereocenters. The summed E-state index contributed by atoms with van der Waals surface area (Å²) in [7, 11) is 1.45. The van der Waals surface area contributed by atoms with E-state index in [-0.39, 0.29) is 12.5 Å². The molecule has 8 heteroatoms. The molecule has 3 aromatic heterocycles. The smallest absolute Gasteiger partial charge is 0.276 e. The summed E-state index contributed by atoms with van der Waals surface area (Å²) in [5, 5.41) is 7.29. The summed E-state index contributed by atoms with van der Waals surface area (Å²) in [6.07, 6.45) is 4.88. The van der Waals surface area contributed by atoms with Crippen molar-refractivity contribution in [3.63, 3.8) is 0 Å². The van der Waals surface area contributed by atoms with E-state index >= 15 is 0 Å². The minimum absolute atomic E-state index is 0.0920. The average Bonchev–Trinajstić information content (AvgIpc) is 3.23. The molecule has 23 heavy (non-hydrogen) atoms. The van der Waals surface area contributed by atoms with E-state index in [0.717, 1.165) is 11.3 Å². The van der Waals surface area contributed by atoms with Crippen LogP contribution in [0.1, 0.15) is 10.6 Å². The zero-order valence-corrected chi connectivity index (χ0v) is 12.5. The van der Waals surface area contributed by atoms with E-state index in [1.807, 2.05) is 12.1 Å². The third-order valence-electron chi connectivity index (χ3n) is 3.03. The Hall–Kier alpha value is -3.00. The molecule has 0 saturated heterocycles. The lowest BCUT2D eigenvalue weighted by Crippen LogP contribution is -2.20. The first-order valence-corrected chi connectivity index (χ1v) is 6.94. The number of hydrogen-bond acceptors (Lipinski definition) is 7. The highest BCUT2D eigenvalue weighted by Gasteiger charge is 2.17. The molecule has 0 bridgehead atoms. The monoisotopic (exact) mass is 313 g/mol. The van der Waals surface area contributed by atoms with Crippen LogP contribution >= 0.6 is 0 Å². The van der Waals surface area contributed by atoms with Crippen LogP contribution in [0.3, 0.4) is 0 Å². The maximum Gasteiger partial charge on any atom is 0.276 e. The fraction of sp³-hybridized carbons (Fsp3) is 0.200. The third kappa shape index (κ3) is 3.43. The van der Waals surface area contributed by atoms with Gasteiger partial charge >= 0.3 is 0 Å². The predicted molar refractivity (Wildman–Crippen MR) is 81.8 cm³/mol. The quantitative estimate of drug-likeness (QED) is 0.741. The van der Waals surface area contributed by atoms with Gasteiger partial charge in [0.15, 0.2) is 5.82 Å². The Balaban J connectivity index is 1.88. The predicted octanol–water partition coefficient (Wildman–Crippen LogP) is 1.83. The van der Waals surface area contributed by atoms with E-state index in [4.69, 9.17) is 9.15 Å². The zero-order chi connectivity index (χ0) is 16.1. The lowest BCUT2D eigenvalue weighted by atomic mass is 10.3. The fourth-order valence-electron chi connectivity index (χ4n) is 1.98. The van der Waals surface area contributed by atoms with Crippen LogP contribution in [0.25, 0.3) is 11.4 Å². The number of nitrogens with zero attached hydrogens (tertiary/aromatic N) is 4.